The van der Waals surface area contributed by atoms with Crippen LogP contribution >= 0.6 is 0 Å². The number of hydrogen-bond donors (Lipinski definition) is 1. The van der Waals surface area contributed by atoms with E-state index in [9.17, 15) is 14.0 Å². The largest absolute Gasteiger partial charge is 0.479 e. The van der Waals surface area contributed by atoms with E-state index >= 15 is 0 Å². The molecule has 1 aliphatic heterocycles. The summed E-state index contributed by atoms with van der Waals surface area (Å²) in [5, 5.41) is 13.3. The Labute approximate surface area is 143 Å². The average molecular weight is 347 g/mol. The van der Waals surface area contributed by atoms with Crippen LogP contribution in [-0.4, -0.2) is 57.5 Å². The highest BCUT2D eigenvalue weighted by molar-refractivity contribution is 5.95. The predicted octanol–water partition coefficient (Wildman–Crippen LogP) is 1.50. The van der Waals surface area contributed by atoms with Gasteiger partial charge in [-0.05, 0) is 30.7 Å². The van der Waals surface area contributed by atoms with Crippen molar-refractivity contribution in [3.8, 4) is 5.69 Å². The van der Waals surface area contributed by atoms with Crippen LogP contribution in [0.2, 0.25) is 0 Å². The highest BCUT2D eigenvalue weighted by Gasteiger charge is 2.31. The van der Waals surface area contributed by atoms with E-state index in [1.54, 1.807) is 16.8 Å². The molecule has 1 aromatic carbocycles. The molecular formula is C17H18FN3O4. The van der Waals surface area contributed by atoms with Gasteiger partial charge in [0.25, 0.3) is 5.91 Å². The van der Waals surface area contributed by atoms with Crippen LogP contribution in [0.3, 0.4) is 0 Å². The maximum absolute atomic E-state index is 13.1. The van der Waals surface area contributed by atoms with Crippen molar-refractivity contribution in [1.82, 2.24) is 14.7 Å². The quantitative estimate of drug-likeness (QED) is 0.906. The van der Waals surface area contributed by atoms with Crippen LogP contribution in [0.25, 0.3) is 5.69 Å². The van der Waals surface area contributed by atoms with Crippen LogP contribution in [0.1, 0.15) is 23.0 Å². The van der Waals surface area contributed by atoms with Crippen molar-refractivity contribution in [2.45, 2.75) is 19.4 Å². The molecule has 2 heterocycles. The highest BCUT2D eigenvalue weighted by Crippen LogP contribution is 2.19. The Balaban J connectivity index is 1.88. The molecule has 7 nitrogen and oxygen atoms in total. The number of morpholine rings is 1. The molecule has 0 unspecified atom stereocenters. The van der Waals surface area contributed by atoms with Gasteiger partial charge >= 0.3 is 5.97 Å². The van der Waals surface area contributed by atoms with Crippen LogP contribution in [0, 0.1) is 5.82 Å². The van der Waals surface area contributed by atoms with E-state index in [1.165, 1.54) is 23.2 Å². The van der Waals surface area contributed by atoms with E-state index in [2.05, 4.69) is 5.10 Å². The van der Waals surface area contributed by atoms with Gasteiger partial charge in [0.2, 0.25) is 0 Å². The second-order valence-electron chi connectivity index (χ2n) is 5.70. The molecular weight excluding hydrogens is 329 g/mol. The lowest BCUT2D eigenvalue weighted by molar-refractivity contribution is -0.154. The summed E-state index contributed by atoms with van der Waals surface area (Å²) in [5.74, 6) is -1.71. The highest BCUT2D eigenvalue weighted by atomic mass is 19.1. The monoisotopic (exact) mass is 347 g/mol. The van der Waals surface area contributed by atoms with E-state index in [0.29, 0.717) is 29.9 Å². The molecule has 1 aliphatic rings. The molecule has 1 aromatic heterocycles. The molecule has 0 saturated carbocycles. The van der Waals surface area contributed by atoms with Crippen LogP contribution in [-0.2, 0) is 16.0 Å². The third-order valence-corrected chi connectivity index (χ3v) is 4.13. The Morgan fingerprint density at radius 3 is 2.72 bits per heavy atom. The number of aromatic nitrogens is 2. The molecule has 8 heteroatoms. The van der Waals surface area contributed by atoms with Gasteiger partial charge in [-0.3, -0.25) is 4.79 Å². The number of amides is 1. The summed E-state index contributed by atoms with van der Waals surface area (Å²) in [4.78, 5) is 25.4. The number of carboxylic acids is 1. The van der Waals surface area contributed by atoms with Crippen LogP contribution < -0.4 is 0 Å². The fourth-order valence-corrected chi connectivity index (χ4v) is 2.85. The summed E-state index contributed by atoms with van der Waals surface area (Å²) in [6, 6.07) is 5.84. The number of carbonyl (C=O) groups excluding carboxylic acids is 1. The SMILES string of the molecule is CCc1c(C(=O)N2CCO[C@@H](C(=O)O)C2)cnn1-c1ccc(F)cc1. The zero-order chi connectivity index (χ0) is 18.0. The van der Waals surface area contributed by atoms with Crippen LogP contribution in [0.5, 0.6) is 0 Å². The Bertz CT molecular complexity index is 788. The fourth-order valence-electron chi connectivity index (χ4n) is 2.85. The topological polar surface area (TPSA) is 84.7 Å². The molecule has 1 fully saturated rings. The zero-order valence-corrected chi connectivity index (χ0v) is 13.7. The van der Waals surface area contributed by atoms with E-state index in [1.807, 2.05) is 6.92 Å². The van der Waals surface area contributed by atoms with E-state index in [4.69, 9.17) is 9.84 Å². The number of carboxylic acid groups (broad SMARTS) is 1. The van der Waals surface area contributed by atoms with Crippen molar-refractivity contribution in [3.63, 3.8) is 0 Å². The first kappa shape index (κ1) is 17.1. The first-order chi connectivity index (χ1) is 12.0. The van der Waals surface area contributed by atoms with Crippen molar-refractivity contribution in [1.29, 1.82) is 0 Å². The molecule has 0 spiro atoms. The van der Waals surface area contributed by atoms with Gasteiger partial charge in [-0.1, -0.05) is 6.92 Å². The number of aliphatic carboxylic acids is 1. The molecule has 2 aromatic rings. The normalized spacial score (nSPS) is 17.5. The molecule has 132 valence electrons. The maximum atomic E-state index is 13.1. The van der Waals surface area contributed by atoms with Gasteiger partial charge in [-0.25, -0.2) is 13.9 Å². The molecule has 1 amide bonds. The number of hydrogen-bond acceptors (Lipinski definition) is 4. The fraction of sp³-hybridized carbons (Fsp3) is 0.353. The number of halogens is 1. The molecule has 1 N–H and O–H groups in total. The number of ether oxygens (including phenoxy) is 1. The standard InChI is InChI=1S/C17H18FN3O4/c1-2-14-13(9-19-21(14)12-5-3-11(18)4-6-12)16(22)20-7-8-25-15(10-20)17(23)24/h3-6,9,15H,2,7-8,10H2,1H3,(H,23,24)/t15-/m1/s1. The smallest absolute Gasteiger partial charge is 0.334 e. The minimum absolute atomic E-state index is 0.000943. The summed E-state index contributed by atoms with van der Waals surface area (Å²) in [7, 11) is 0. The zero-order valence-electron chi connectivity index (χ0n) is 13.7. The van der Waals surface area contributed by atoms with E-state index in [-0.39, 0.29) is 24.9 Å². The lowest BCUT2D eigenvalue weighted by Crippen LogP contribution is -2.48. The minimum atomic E-state index is -1.09. The molecule has 1 saturated heterocycles. The van der Waals surface area contributed by atoms with Crippen LogP contribution in [0.15, 0.2) is 30.5 Å². The van der Waals surface area contributed by atoms with Crippen molar-refractivity contribution < 1.29 is 23.8 Å². The predicted molar refractivity (Wildman–Crippen MR) is 86.2 cm³/mol. The molecule has 0 radical (unpaired) electrons. The van der Waals surface area contributed by atoms with Crippen molar-refractivity contribution in [2.75, 3.05) is 19.7 Å². The second-order valence-corrected chi connectivity index (χ2v) is 5.70. The van der Waals surface area contributed by atoms with Gasteiger partial charge in [0.05, 0.1) is 36.3 Å². The number of rotatable bonds is 4. The van der Waals surface area contributed by atoms with Gasteiger partial charge < -0.3 is 14.7 Å². The maximum Gasteiger partial charge on any atom is 0.334 e. The lowest BCUT2D eigenvalue weighted by Gasteiger charge is -2.30. The minimum Gasteiger partial charge on any atom is -0.479 e. The van der Waals surface area contributed by atoms with Gasteiger partial charge in [0, 0.05) is 6.54 Å². The van der Waals surface area contributed by atoms with Gasteiger partial charge in [0.15, 0.2) is 6.10 Å². The van der Waals surface area contributed by atoms with Crippen molar-refractivity contribution in [2.24, 2.45) is 0 Å². The second kappa shape index (κ2) is 7.02. The van der Waals surface area contributed by atoms with E-state index in [0.717, 1.165) is 0 Å². The summed E-state index contributed by atoms with van der Waals surface area (Å²) >= 11 is 0. The molecule has 25 heavy (non-hydrogen) atoms. The summed E-state index contributed by atoms with van der Waals surface area (Å²) in [6.07, 6.45) is 0.996. The molecule has 3 rings (SSSR count). The Morgan fingerprint density at radius 1 is 1.36 bits per heavy atom. The Hall–Kier alpha value is -2.74. The first-order valence-corrected chi connectivity index (χ1v) is 7.97. The van der Waals surface area contributed by atoms with Crippen molar-refractivity contribution in [3.05, 3.63) is 47.5 Å². The number of benzene rings is 1. The molecule has 1 atom stereocenters. The molecule has 0 bridgehead atoms. The lowest BCUT2D eigenvalue weighted by atomic mass is 10.1. The Kier molecular flexibility index (Phi) is 4.80. The summed E-state index contributed by atoms with van der Waals surface area (Å²) in [5.41, 5.74) is 1.76. The van der Waals surface area contributed by atoms with Crippen molar-refractivity contribution >= 4 is 11.9 Å². The van der Waals surface area contributed by atoms with Gasteiger partial charge in [-0.15, -0.1) is 0 Å². The first-order valence-electron chi connectivity index (χ1n) is 7.97. The summed E-state index contributed by atoms with van der Waals surface area (Å²) in [6.45, 7) is 2.40. The number of nitrogens with zero attached hydrogens (tertiary/aromatic N) is 3. The summed E-state index contributed by atoms with van der Waals surface area (Å²) < 4.78 is 19.9. The average Bonchev–Trinajstić information content (AvgIpc) is 3.05. The number of carbonyl (C=O) groups is 2. The van der Waals surface area contributed by atoms with Crippen LogP contribution in [0.4, 0.5) is 4.39 Å². The Morgan fingerprint density at radius 2 is 2.08 bits per heavy atom. The molecule has 0 aliphatic carbocycles. The third kappa shape index (κ3) is 3.39. The van der Waals surface area contributed by atoms with Gasteiger partial charge in [0.1, 0.15) is 5.82 Å². The van der Waals surface area contributed by atoms with E-state index < -0.39 is 12.1 Å². The van der Waals surface area contributed by atoms with Gasteiger partial charge in [-0.2, -0.15) is 5.10 Å². The third-order valence-electron chi connectivity index (χ3n) is 4.13.